The predicted octanol–water partition coefficient (Wildman–Crippen LogP) is 2.14. The van der Waals surface area contributed by atoms with Crippen LogP contribution in [0.4, 0.5) is 5.69 Å². The van der Waals surface area contributed by atoms with Gasteiger partial charge in [-0.15, -0.1) is 11.3 Å². The van der Waals surface area contributed by atoms with E-state index in [2.05, 4.69) is 0 Å². The molecule has 1 aliphatic rings. The molecule has 1 aliphatic heterocycles. The molecule has 4 nitrogen and oxygen atoms in total. The number of carbonyl (C=O) groups is 1. The quantitative estimate of drug-likeness (QED) is 0.910. The third-order valence-electron chi connectivity index (χ3n) is 3.34. The third-order valence-corrected chi connectivity index (χ3v) is 4.39. The van der Waals surface area contributed by atoms with E-state index in [1.54, 1.807) is 6.07 Å². The summed E-state index contributed by atoms with van der Waals surface area (Å²) in [6.45, 7) is 7.06. The van der Waals surface area contributed by atoms with Gasteiger partial charge in [0.2, 0.25) is 0 Å². The van der Waals surface area contributed by atoms with Gasteiger partial charge in [-0.2, -0.15) is 0 Å². The number of nitrogens with zero attached hydrogens (tertiary/aromatic N) is 1. The van der Waals surface area contributed by atoms with Crippen molar-refractivity contribution >= 4 is 22.9 Å². The van der Waals surface area contributed by atoms with Crippen molar-refractivity contribution in [3.63, 3.8) is 0 Å². The van der Waals surface area contributed by atoms with Crippen LogP contribution in [0, 0.1) is 12.8 Å². The Labute approximate surface area is 112 Å². The van der Waals surface area contributed by atoms with Crippen molar-refractivity contribution < 1.29 is 9.53 Å². The topological polar surface area (TPSA) is 55.6 Å². The molecular formula is C13H20N2O2S. The maximum Gasteiger partial charge on any atom is 0.264 e. The second-order valence-corrected chi connectivity index (χ2v) is 5.95. The molecule has 0 radical (unpaired) electrons. The van der Waals surface area contributed by atoms with Crippen LogP contribution in [0.5, 0.6) is 0 Å². The first-order valence-electron chi connectivity index (χ1n) is 6.34. The molecule has 18 heavy (non-hydrogen) atoms. The molecule has 0 aromatic carbocycles. The van der Waals surface area contributed by atoms with Gasteiger partial charge in [0.1, 0.15) is 0 Å². The summed E-state index contributed by atoms with van der Waals surface area (Å²) >= 11 is 1.48. The number of amides is 1. The van der Waals surface area contributed by atoms with Gasteiger partial charge in [-0.3, -0.25) is 4.79 Å². The molecule has 1 atom stereocenters. The smallest absolute Gasteiger partial charge is 0.264 e. The Hall–Kier alpha value is -1.07. The van der Waals surface area contributed by atoms with E-state index >= 15 is 0 Å². The van der Waals surface area contributed by atoms with E-state index in [1.807, 2.05) is 18.7 Å². The number of hydrogen-bond acceptors (Lipinski definition) is 4. The zero-order chi connectivity index (χ0) is 13.1. The number of carbonyl (C=O) groups excluding carboxylic acids is 1. The van der Waals surface area contributed by atoms with Gasteiger partial charge < -0.3 is 15.4 Å². The fourth-order valence-electron chi connectivity index (χ4n) is 2.15. The molecule has 0 bridgehead atoms. The van der Waals surface area contributed by atoms with E-state index in [-0.39, 0.29) is 5.91 Å². The van der Waals surface area contributed by atoms with Crippen LogP contribution in [-0.4, -0.2) is 37.1 Å². The summed E-state index contributed by atoms with van der Waals surface area (Å²) in [5, 5.41) is 0. The average molecular weight is 268 g/mol. The van der Waals surface area contributed by atoms with Crippen LogP contribution in [0.3, 0.4) is 0 Å². The van der Waals surface area contributed by atoms with E-state index in [9.17, 15) is 4.79 Å². The van der Waals surface area contributed by atoms with Crippen molar-refractivity contribution in [1.82, 2.24) is 4.90 Å². The lowest BCUT2D eigenvalue weighted by Gasteiger charge is -2.23. The second kappa shape index (κ2) is 5.71. The molecule has 2 rings (SSSR count). The normalized spacial score (nSPS) is 19.1. The molecule has 5 heteroatoms. The zero-order valence-electron chi connectivity index (χ0n) is 10.9. The van der Waals surface area contributed by atoms with Gasteiger partial charge in [-0.05, 0) is 26.3 Å². The molecular weight excluding hydrogens is 248 g/mol. The summed E-state index contributed by atoms with van der Waals surface area (Å²) in [7, 11) is 0. The maximum absolute atomic E-state index is 12.4. The first-order valence-corrected chi connectivity index (χ1v) is 7.16. The van der Waals surface area contributed by atoms with Crippen LogP contribution >= 0.6 is 11.3 Å². The SMILES string of the molecule is CCN(CC1CCOC1)C(=O)c1cc(N)c(C)s1. The molecule has 0 aliphatic carbocycles. The molecule has 100 valence electrons. The molecule has 1 fully saturated rings. The number of anilines is 1. The highest BCUT2D eigenvalue weighted by Crippen LogP contribution is 2.25. The van der Waals surface area contributed by atoms with Gasteiger partial charge in [0, 0.05) is 36.2 Å². The van der Waals surface area contributed by atoms with Crippen molar-refractivity contribution in [2.75, 3.05) is 32.0 Å². The van der Waals surface area contributed by atoms with Crippen LogP contribution in [0.1, 0.15) is 27.9 Å². The number of nitrogens with two attached hydrogens (primary N) is 1. The number of thiophene rings is 1. The summed E-state index contributed by atoms with van der Waals surface area (Å²) in [4.78, 5) is 16.0. The van der Waals surface area contributed by atoms with Gasteiger partial charge in [0.05, 0.1) is 11.5 Å². The Morgan fingerprint density at radius 2 is 2.44 bits per heavy atom. The lowest BCUT2D eigenvalue weighted by molar-refractivity contribution is 0.0735. The highest BCUT2D eigenvalue weighted by molar-refractivity contribution is 7.14. The van der Waals surface area contributed by atoms with Gasteiger partial charge >= 0.3 is 0 Å². The van der Waals surface area contributed by atoms with Crippen molar-refractivity contribution in [2.24, 2.45) is 5.92 Å². The first kappa shape index (κ1) is 13.4. The highest BCUT2D eigenvalue weighted by Gasteiger charge is 2.23. The minimum absolute atomic E-state index is 0.0919. The third kappa shape index (κ3) is 2.84. The number of aryl methyl sites for hydroxylation is 1. The monoisotopic (exact) mass is 268 g/mol. The average Bonchev–Trinajstić information content (AvgIpc) is 2.96. The van der Waals surface area contributed by atoms with E-state index in [4.69, 9.17) is 10.5 Å². The van der Waals surface area contributed by atoms with Gasteiger partial charge in [0.15, 0.2) is 0 Å². The summed E-state index contributed by atoms with van der Waals surface area (Å²) in [6.07, 6.45) is 1.05. The molecule has 2 N–H and O–H groups in total. The molecule has 0 saturated carbocycles. The number of hydrogen-bond donors (Lipinski definition) is 1. The Bertz CT molecular complexity index is 405. The van der Waals surface area contributed by atoms with Gasteiger partial charge in [-0.1, -0.05) is 0 Å². The van der Waals surface area contributed by atoms with Crippen LogP contribution in [-0.2, 0) is 4.74 Å². The Morgan fingerprint density at radius 1 is 1.67 bits per heavy atom. The second-order valence-electron chi connectivity index (χ2n) is 4.70. The molecule has 2 heterocycles. The molecule has 1 unspecified atom stereocenters. The number of nitrogen functional groups attached to an aromatic ring is 1. The standard InChI is InChI=1S/C13H20N2O2S/c1-3-15(7-10-4-5-17-8-10)13(16)12-6-11(14)9(2)18-12/h6,10H,3-5,7-8,14H2,1-2H3. The van der Waals surface area contributed by atoms with Crippen LogP contribution in [0.2, 0.25) is 0 Å². The molecule has 1 aromatic heterocycles. The summed E-state index contributed by atoms with van der Waals surface area (Å²) < 4.78 is 5.36. The number of rotatable bonds is 4. The number of ether oxygens (including phenoxy) is 1. The molecule has 1 amide bonds. The molecule has 1 saturated heterocycles. The molecule has 1 aromatic rings. The van der Waals surface area contributed by atoms with Crippen LogP contribution < -0.4 is 5.73 Å². The fraction of sp³-hybridized carbons (Fsp3) is 0.615. The Balaban J connectivity index is 2.04. The van der Waals surface area contributed by atoms with Crippen molar-refractivity contribution in [3.05, 3.63) is 15.8 Å². The van der Waals surface area contributed by atoms with Gasteiger partial charge in [0.25, 0.3) is 5.91 Å². The van der Waals surface area contributed by atoms with E-state index in [1.165, 1.54) is 11.3 Å². The summed E-state index contributed by atoms with van der Waals surface area (Å²) in [5.74, 6) is 0.571. The van der Waals surface area contributed by atoms with E-state index in [0.29, 0.717) is 11.6 Å². The highest BCUT2D eigenvalue weighted by atomic mass is 32.1. The molecule has 0 spiro atoms. The lowest BCUT2D eigenvalue weighted by Crippen LogP contribution is -2.35. The summed E-state index contributed by atoms with van der Waals surface area (Å²) in [5.41, 5.74) is 6.51. The summed E-state index contributed by atoms with van der Waals surface area (Å²) in [6, 6.07) is 1.79. The fourth-order valence-corrected chi connectivity index (χ4v) is 3.06. The first-order chi connectivity index (χ1) is 8.61. The minimum Gasteiger partial charge on any atom is -0.398 e. The van der Waals surface area contributed by atoms with Crippen LogP contribution in [0.15, 0.2) is 6.07 Å². The lowest BCUT2D eigenvalue weighted by atomic mass is 10.1. The Morgan fingerprint density at radius 3 is 2.94 bits per heavy atom. The van der Waals surface area contributed by atoms with Crippen molar-refractivity contribution in [3.8, 4) is 0 Å². The minimum atomic E-state index is 0.0919. The van der Waals surface area contributed by atoms with Crippen molar-refractivity contribution in [2.45, 2.75) is 20.3 Å². The van der Waals surface area contributed by atoms with E-state index in [0.717, 1.165) is 42.5 Å². The zero-order valence-corrected chi connectivity index (χ0v) is 11.8. The van der Waals surface area contributed by atoms with Crippen molar-refractivity contribution in [1.29, 1.82) is 0 Å². The largest absolute Gasteiger partial charge is 0.398 e. The van der Waals surface area contributed by atoms with Crippen LogP contribution in [0.25, 0.3) is 0 Å². The Kier molecular flexibility index (Phi) is 4.24. The van der Waals surface area contributed by atoms with Gasteiger partial charge in [-0.25, -0.2) is 0 Å². The maximum atomic E-state index is 12.4. The predicted molar refractivity (Wildman–Crippen MR) is 74.0 cm³/mol. The van der Waals surface area contributed by atoms with E-state index < -0.39 is 0 Å².